The van der Waals surface area contributed by atoms with Crippen molar-refractivity contribution in [3.63, 3.8) is 0 Å². The second-order valence-corrected chi connectivity index (χ2v) is 6.50. The third-order valence-corrected chi connectivity index (χ3v) is 4.19. The average Bonchev–Trinajstić information content (AvgIpc) is 2.32. The lowest BCUT2D eigenvalue weighted by atomic mass is 10.3. The molecule has 0 fully saturated rings. The lowest BCUT2D eigenvalue weighted by Crippen LogP contribution is -2.13. The summed E-state index contributed by atoms with van der Waals surface area (Å²) < 4.78 is 39.6. The van der Waals surface area contributed by atoms with Gasteiger partial charge >= 0.3 is 0 Å². The van der Waals surface area contributed by atoms with E-state index in [2.05, 4.69) is 4.72 Å². The van der Waals surface area contributed by atoms with Crippen molar-refractivity contribution in [2.45, 2.75) is 4.90 Å². The molecule has 0 aromatic heterocycles. The minimum absolute atomic E-state index is 0.0992. The molecule has 2 rings (SSSR count). The normalized spacial score (nSPS) is 11.3. The Labute approximate surface area is 125 Å². The third-order valence-electron chi connectivity index (χ3n) is 2.39. The molecule has 0 unspecified atom stereocenters. The molecule has 0 aliphatic carbocycles. The van der Waals surface area contributed by atoms with Crippen LogP contribution < -0.4 is 10.5 Å². The van der Waals surface area contributed by atoms with Gasteiger partial charge in [-0.25, -0.2) is 12.8 Å². The van der Waals surface area contributed by atoms with E-state index in [-0.39, 0.29) is 26.3 Å². The molecule has 0 radical (unpaired) electrons. The largest absolute Gasteiger partial charge is 0.396 e. The number of anilines is 2. The summed E-state index contributed by atoms with van der Waals surface area (Å²) in [5.74, 6) is -0.626. The molecule has 0 atom stereocenters. The Morgan fingerprint density at radius 3 is 2.20 bits per heavy atom. The zero-order valence-electron chi connectivity index (χ0n) is 9.90. The van der Waals surface area contributed by atoms with E-state index >= 15 is 0 Å². The molecule has 0 aliphatic heterocycles. The second kappa shape index (κ2) is 5.47. The van der Waals surface area contributed by atoms with Gasteiger partial charge in [0.15, 0.2) is 0 Å². The molecule has 3 N–H and O–H groups in total. The van der Waals surface area contributed by atoms with E-state index in [9.17, 15) is 12.8 Å². The van der Waals surface area contributed by atoms with Crippen LogP contribution in [0.2, 0.25) is 10.0 Å². The van der Waals surface area contributed by atoms with E-state index in [4.69, 9.17) is 28.9 Å². The predicted molar refractivity (Wildman–Crippen MR) is 78.1 cm³/mol. The smallest absolute Gasteiger partial charge is 0.261 e. The molecule has 2 aromatic rings. The maximum atomic E-state index is 13.0. The number of benzene rings is 2. The van der Waals surface area contributed by atoms with Crippen LogP contribution >= 0.6 is 23.2 Å². The Morgan fingerprint density at radius 1 is 1.05 bits per heavy atom. The van der Waals surface area contributed by atoms with Gasteiger partial charge in [0.2, 0.25) is 0 Å². The van der Waals surface area contributed by atoms with Crippen molar-refractivity contribution in [3.05, 3.63) is 52.3 Å². The van der Waals surface area contributed by atoms with Gasteiger partial charge in [-0.3, -0.25) is 4.72 Å². The lowest BCUT2D eigenvalue weighted by Gasteiger charge is -2.09. The summed E-state index contributed by atoms with van der Waals surface area (Å²) in [5, 5.41) is 0.382. The fraction of sp³-hybridized carbons (Fsp3) is 0. The van der Waals surface area contributed by atoms with Gasteiger partial charge in [-0.1, -0.05) is 23.2 Å². The molecule has 20 heavy (non-hydrogen) atoms. The molecule has 2 aromatic carbocycles. The van der Waals surface area contributed by atoms with Crippen LogP contribution in [0.25, 0.3) is 0 Å². The standard InChI is InChI=1S/C12H9Cl2FN2O2S/c13-7-3-8(14)5-10(4-7)20(18,19)17-9-1-2-11(15)12(16)6-9/h1-6,17H,16H2. The topological polar surface area (TPSA) is 72.2 Å². The Hall–Kier alpha value is -1.50. The van der Waals surface area contributed by atoms with Crippen LogP contribution in [0.5, 0.6) is 0 Å². The zero-order valence-corrected chi connectivity index (χ0v) is 12.2. The summed E-state index contributed by atoms with van der Waals surface area (Å²) in [6, 6.07) is 7.43. The van der Waals surface area contributed by atoms with Crippen molar-refractivity contribution in [2.75, 3.05) is 10.5 Å². The maximum absolute atomic E-state index is 13.0. The summed E-state index contributed by atoms with van der Waals surface area (Å²) in [7, 11) is -3.88. The first-order valence-electron chi connectivity index (χ1n) is 5.32. The predicted octanol–water partition coefficient (Wildman–Crippen LogP) is 3.52. The fourth-order valence-corrected chi connectivity index (χ4v) is 3.28. The molecule has 8 heteroatoms. The molecule has 0 bridgehead atoms. The van der Waals surface area contributed by atoms with Crippen LogP contribution in [0.15, 0.2) is 41.3 Å². The van der Waals surface area contributed by atoms with E-state index < -0.39 is 15.8 Å². The highest BCUT2D eigenvalue weighted by molar-refractivity contribution is 7.92. The first-order chi connectivity index (χ1) is 9.28. The SMILES string of the molecule is Nc1cc(NS(=O)(=O)c2cc(Cl)cc(Cl)c2)ccc1F. The first-order valence-corrected chi connectivity index (χ1v) is 7.56. The molecule has 106 valence electrons. The van der Waals surface area contributed by atoms with Gasteiger partial charge in [-0.2, -0.15) is 0 Å². The quantitative estimate of drug-likeness (QED) is 0.843. The van der Waals surface area contributed by atoms with Gasteiger partial charge in [-0.05, 0) is 36.4 Å². The van der Waals surface area contributed by atoms with Gasteiger partial charge in [0.25, 0.3) is 10.0 Å². The highest BCUT2D eigenvalue weighted by Gasteiger charge is 2.16. The van der Waals surface area contributed by atoms with Crippen molar-refractivity contribution >= 4 is 44.6 Å². The number of hydrogen-bond donors (Lipinski definition) is 2. The van der Waals surface area contributed by atoms with E-state index in [1.54, 1.807) is 0 Å². The van der Waals surface area contributed by atoms with Crippen LogP contribution in [-0.2, 0) is 10.0 Å². The van der Waals surface area contributed by atoms with Crippen LogP contribution in [0.4, 0.5) is 15.8 Å². The molecule has 0 saturated heterocycles. The minimum atomic E-state index is -3.88. The monoisotopic (exact) mass is 334 g/mol. The fourth-order valence-electron chi connectivity index (χ4n) is 1.50. The van der Waals surface area contributed by atoms with Gasteiger partial charge < -0.3 is 5.73 Å². The van der Waals surface area contributed by atoms with Crippen molar-refractivity contribution in [1.82, 2.24) is 0 Å². The zero-order chi connectivity index (χ0) is 14.9. The van der Waals surface area contributed by atoms with E-state index in [1.165, 1.54) is 30.3 Å². The summed E-state index contributed by atoms with van der Waals surface area (Å²) in [6.45, 7) is 0. The number of nitrogens with one attached hydrogen (secondary N) is 1. The number of hydrogen-bond acceptors (Lipinski definition) is 3. The van der Waals surface area contributed by atoms with Crippen molar-refractivity contribution in [3.8, 4) is 0 Å². The van der Waals surface area contributed by atoms with Gasteiger partial charge in [0, 0.05) is 10.0 Å². The Morgan fingerprint density at radius 2 is 1.65 bits per heavy atom. The molecule has 0 aliphatic rings. The summed E-state index contributed by atoms with van der Waals surface area (Å²) in [4.78, 5) is -0.0992. The van der Waals surface area contributed by atoms with Gasteiger partial charge in [0.05, 0.1) is 16.3 Å². The van der Waals surface area contributed by atoms with Crippen molar-refractivity contribution in [2.24, 2.45) is 0 Å². The molecule has 0 saturated carbocycles. The first kappa shape index (κ1) is 14.9. The Bertz CT molecular complexity index is 746. The van der Waals surface area contributed by atoms with Crippen molar-refractivity contribution in [1.29, 1.82) is 0 Å². The second-order valence-electron chi connectivity index (χ2n) is 3.95. The number of nitrogen functional groups attached to an aromatic ring is 1. The van der Waals surface area contributed by atoms with E-state index in [0.29, 0.717) is 0 Å². The van der Waals surface area contributed by atoms with Crippen LogP contribution in [0, 0.1) is 5.82 Å². The molecular formula is C12H9Cl2FN2O2S. The van der Waals surface area contributed by atoms with E-state index in [1.807, 2.05) is 0 Å². The third kappa shape index (κ3) is 3.33. The van der Waals surface area contributed by atoms with Crippen LogP contribution in [-0.4, -0.2) is 8.42 Å². The highest BCUT2D eigenvalue weighted by Crippen LogP contribution is 2.25. The Kier molecular flexibility index (Phi) is 4.08. The number of rotatable bonds is 3. The average molecular weight is 335 g/mol. The summed E-state index contributed by atoms with van der Waals surface area (Å²) >= 11 is 11.5. The molecular weight excluding hydrogens is 326 g/mol. The minimum Gasteiger partial charge on any atom is -0.396 e. The van der Waals surface area contributed by atoms with Gasteiger partial charge in [-0.15, -0.1) is 0 Å². The summed E-state index contributed by atoms with van der Waals surface area (Å²) in [5.41, 5.74) is 5.36. The van der Waals surface area contributed by atoms with Crippen LogP contribution in [0.3, 0.4) is 0 Å². The maximum Gasteiger partial charge on any atom is 0.261 e. The number of halogens is 3. The molecule has 0 heterocycles. The van der Waals surface area contributed by atoms with Gasteiger partial charge in [0.1, 0.15) is 5.82 Å². The summed E-state index contributed by atoms with van der Waals surface area (Å²) in [6.07, 6.45) is 0. The van der Waals surface area contributed by atoms with E-state index in [0.717, 1.165) is 6.07 Å². The van der Waals surface area contributed by atoms with Crippen molar-refractivity contribution < 1.29 is 12.8 Å². The molecule has 4 nitrogen and oxygen atoms in total. The number of nitrogens with two attached hydrogens (primary N) is 1. The Balaban J connectivity index is 2.37. The van der Waals surface area contributed by atoms with Crippen LogP contribution in [0.1, 0.15) is 0 Å². The highest BCUT2D eigenvalue weighted by atomic mass is 35.5. The lowest BCUT2D eigenvalue weighted by molar-refractivity contribution is 0.601. The molecule has 0 amide bonds. The molecule has 0 spiro atoms. The number of sulfonamides is 1.